The van der Waals surface area contributed by atoms with Crippen LogP contribution in [-0.4, -0.2) is 35.7 Å². The molecule has 0 rings (SSSR count). The zero-order valence-electron chi connectivity index (χ0n) is 4.11. The van der Waals surface area contributed by atoms with Gasteiger partial charge in [0.1, 0.15) is 0 Å². The second-order valence-electron chi connectivity index (χ2n) is 0.986. The summed E-state index contributed by atoms with van der Waals surface area (Å²) < 4.78 is 6.28. The Morgan fingerprint density at radius 2 is 2.33 bits per heavy atom. The van der Waals surface area contributed by atoms with Crippen molar-refractivity contribution in [2.75, 3.05) is 13.2 Å². The first-order valence-electron chi connectivity index (χ1n) is 2.19. The minimum atomic E-state index is 0.876. The van der Waals surface area contributed by atoms with E-state index in [-0.39, 0.29) is 0 Å². The van der Waals surface area contributed by atoms with Crippen LogP contribution in [0, 0.1) is 0 Å². The molecule has 0 amide bonds. The molecule has 0 aliphatic rings. The minimum absolute atomic E-state index is 0.876. The Morgan fingerprint density at radius 1 is 1.67 bits per heavy atom. The van der Waals surface area contributed by atoms with Gasteiger partial charge in [0.05, 0.1) is 0 Å². The molecular weight excluding hydrogens is 183 g/mol. The van der Waals surface area contributed by atoms with Gasteiger partial charge < -0.3 is 0 Å². The van der Waals surface area contributed by atoms with Crippen molar-refractivity contribution in [3.8, 4) is 0 Å². The van der Waals surface area contributed by atoms with Crippen LogP contribution < -0.4 is 0 Å². The van der Waals surface area contributed by atoms with E-state index in [0.29, 0.717) is 0 Å². The summed E-state index contributed by atoms with van der Waals surface area (Å²) in [7, 11) is 0. The average Bonchev–Trinajstić information content (AvgIpc) is 1.61. The van der Waals surface area contributed by atoms with E-state index in [4.69, 9.17) is 4.74 Å². The van der Waals surface area contributed by atoms with E-state index in [1.165, 1.54) is 27.0 Å². The van der Waals surface area contributed by atoms with Crippen LogP contribution in [0.3, 0.4) is 0 Å². The Kier molecular flexibility index (Phi) is 6.49. The summed E-state index contributed by atoms with van der Waals surface area (Å²) in [6.07, 6.45) is 0. The van der Waals surface area contributed by atoms with Gasteiger partial charge in [-0.1, -0.05) is 0 Å². The van der Waals surface area contributed by atoms with Gasteiger partial charge in [-0.05, 0) is 0 Å². The van der Waals surface area contributed by atoms with Crippen LogP contribution in [0.1, 0.15) is 6.92 Å². The van der Waals surface area contributed by atoms with Crippen LogP contribution in [-0.2, 0) is 4.74 Å². The third kappa shape index (κ3) is 4.76. The van der Waals surface area contributed by atoms with Gasteiger partial charge >= 0.3 is 51.8 Å². The van der Waals surface area contributed by atoms with Crippen molar-refractivity contribution in [3.63, 3.8) is 0 Å². The van der Waals surface area contributed by atoms with Crippen LogP contribution in [0.5, 0.6) is 0 Å². The maximum atomic E-state index is 5.02. The molecule has 1 nitrogen and oxygen atoms in total. The number of rotatable bonds is 3. The SMILES string of the molecule is CCOC[CH2][SnH]. The van der Waals surface area contributed by atoms with E-state index >= 15 is 0 Å². The summed E-state index contributed by atoms with van der Waals surface area (Å²) in [4.78, 5) is 0. The standard InChI is InChI=1S/C4H9O.Sn.H/c1-3-5-4-2;;/h1,3-4H2,2H3;;. The van der Waals surface area contributed by atoms with Gasteiger partial charge in [0.2, 0.25) is 0 Å². The number of hydrogen-bond donors (Lipinski definition) is 0. The molecule has 0 aromatic heterocycles. The van der Waals surface area contributed by atoms with Crippen molar-refractivity contribution < 1.29 is 4.74 Å². The van der Waals surface area contributed by atoms with Crippen molar-refractivity contribution in [1.82, 2.24) is 0 Å². The molecule has 0 aromatic rings. The molecule has 0 aliphatic carbocycles. The zero-order valence-corrected chi connectivity index (χ0v) is 7.40. The van der Waals surface area contributed by atoms with Gasteiger partial charge in [0, 0.05) is 0 Å². The van der Waals surface area contributed by atoms with Gasteiger partial charge in [-0.2, -0.15) is 0 Å². The Bertz CT molecular complexity index is 19.5. The Hall–Kier alpha value is 0.759. The van der Waals surface area contributed by atoms with Gasteiger partial charge in [-0.25, -0.2) is 0 Å². The molecular formula is C4H10OSn. The summed E-state index contributed by atoms with van der Waals surface area (Å²) in [6, 6.07) is 0. The molecule has 0 atom stereocenters. The Morgan fingerprint density at radius 3 is 2.50 bits per heavy atom. The third-order valence-corrected chi connectivity index (χ3v) is 1.14. The molecule has 0 saturated carbocycles. The van der Waals surface area contributed by atoms with Crippen LogP contribution in [0.25, 0.3) is 0 Å². The van der Waals surface area contributed by atoms with E-state index in [1.807, 2.05) is 6.92 Å². The molecule has 36 valence electrons. The molecule has 0 saturated heterocycles. The molecule has 0 aliphatic heterocycles. The van der Waals surface area contributed by atoms with Gasteiger partial charge in [-0.3, -0.25) is 0 Å². The quantitative estimate of drug-likeness (QED) is 0.463. The summed E-state index contributed by atoms with van der Waals surface area (Å²) in [6.45, 7) is 3.87. The molecule has 6 heavy (non-hydrogen) atoms. The van der Waals surface area contributed by atoms with Crippen molar-refractivity contribution in [2.24, 2.45) is 0 Å². The molecule has 0 spiro atoms. The van der Waals surface area contributed by atoms with Gasteiger partial charge in [0.15, 0.2) is 0 Å². The van der Waals surface area contributed by atoms with E-state index in [1.54, 1.807) is 0 Å². The van der Waals surface area contributed by atoms with E-state index in [9.17, 15) is 0 Å². The van der Waals surface area contributed by atoms with Gasteiger partial charge in [-0.15, -0.1) is 0 Å². The predicted octanol–water partition coefficient (Wildman–Crippen LogP) is 0.342. The number of ether oxygens (including phenoxy) is 1. The molecule has 2 radical (unpaired) electrons. The summed E-state index contributed by atoms with van der Waals surface area (Å²) in [5, 5.41) is 0. The van der Waals surface area contributed by atoms with Crippen molar-refractivity contribution in [3.05, 3.63) is 0 Å². The van der Waals surface area contributed by atoms with Crippen molar-refractivity contribution in [1.29, 1.82) is 0 Å². The van der Waals surface area contributed by atoms with Crippen molar-refractivity contribution >= 4 is 22.5 Å². The molecule has 0 bridgehead atoms. The van der Waals surface area contributed by atoms with E-state index < -0.39 is 0 Å². The van der Waals surface area contributed by atoms with Crippen LogP contribution in [0.2, 0.25) is 4.44 Å². The second kappa shape index (κ2) is 5.76. The third-order valence-electron chi connectivity index (χ3n) is 0.466. The Labute approximate surface area is 52.2 Å². The fourth-order valence-electron chi connectivity index (χ4n) is 0.228. The molecule has 0 unspecified atom stereocenters. The van der Waals surface area contributed by atoms with Crippen LogP contribution in [0.15, 0.2) is 0 Å². The predicted molar refractivity (Wildman–Crippen MR) is 28.4 cm³/mol. The summed E-state index contributed by atoms with van der Waals surface area (Å²) >= 11 is 1.33. The van der Waals surface area contributed by atoms with Crippen molar-refractivity contribution in [2.45, 2.75) is 11.4 Å². The van der Waals surface area contributed by atoms with Crippen LogP contribution >= 0.6 is 0 Å². The Balaban J connectivity index is 2.34. The molecule has 0 fully saturated rings. The monoisotopic (exact) mass is 194 g/mol. The molecule has 2 heteroatoms. The fraction of sp³-hybridized carbons (Fsp3) is 1.00. The average molecular weight is 193 g/mol. The molecule has 0 N–H and O–H groups in total. The number of hydrogen-bond acceptors (Lipinski definition) is 1. The van der Waals surface area contributed by atoms with Gasteiger partial charge in [0.25, 0.3) is 0 Å². The summed E-state index contributed by atoms with van der Waals surface area (Å²) in [5.74, 6) is 0. The zero-order chi connectivity index (χ0) is 4.83. The first-order chi connectivity index (χ1) is 2.91. The first kappa shape index (κ1) is 6.76. The fourth-order valence-corrected chi connectivity index (χ4v) is 0.703. The van der Waals surface area contributed by atoms with E-state index in [0.717, 1.165) is 13.2 Å². The topological polar surface area (TPSA) is 9.23 Å². The van der Waals surface area contributed by atoms with Crippen LogP contribution in [0.4, 0.5) is 0 Å². The summed E-state index contributed by atoms with van der Waals surface area (Å²) in [5.41, 5.74) is 0. The van der Waals surface area contributed by atoms with E-state index in [2.05, 4.69) is 0 Å². The molecule has 0 heterocycles. The first-order valence-corrected chi connectivity index (χ1v) is 4.52. The maximum absolute atomic E-state index is 5.02. The normalized spacial score (nSPS) is 9.00. The second-order valence-corrected chi connectivity index (χ2v) is 2.63. The molecule has 0 aromatic carbocycles.